The molecule has 1 amide bonds. The molecule has 1 atom stereocenters. The largest absolute Gasteiger partial charge is 0.450 e. The van der Waals surface area contributed by atoms with Gasteiger partial charge in [0.1, 0.15) is 22.7 Å². The van der Waals surface area contributed by atoms with Crippen LogP contribution in [0.3, 0.4) is 0 Å². The zero-order valence-corrected chi connectivity index (χ0v) is 26.0. The minimum absolute atomic E-state index is 0.211. The highest BCUT2D eigenvalue weighted by Crippen LogP contribution is 2.36. The molecule has 234 valence electrons. The lowest BCUT2D eigenvalue weighted by atomic mass is 10.1. The Kier molecular flexibility index (Phi) is 9.75. The predicted molar refractivity (Wildman–Crippen MR) is 168 cm³/mol. The molecule has 11 heteroatoms. The van der Waals surface area contributed by atoms with Gasteiger partial charge in [-0.25, -0.2) is 14.8 Å². The van der Waals surface area contributed by atoms with Crippen LogP contribution >= 0.6 is 0 Å². The highest BCUT2D eigenvalue weighted by molar-refractivity contribution is 6.05. The van der Waals surface area contributed by atoms with E-state index in [2.05, 4.69) is 25.7 Å². The molecule has 2 aromatic carbocycles. The Morgan fingerprint density at radius 2 is 1.89 bits per heavy atom. The molecule has 11 nitrogen and oxygen atoms in total. The van der Waals surface area contributed by atoms with E-state index in [4.69, 9.17) is 29.0 Å². The van der Waals surface area contributed by atoms with E-state index in [1.807, 2.05) is 24.3 Å². The number of unbranched alkanes of at least 4 members (excludes halogenated alkanes) is 2. The number of aliphatic hydroxyl groups is 1. The molecule has 4 aromatic rings. The number of fused-ring (bicyclic) bond motifs is 3. The maximum atomic E-state index is 12.5. The van der Waals surface area contributed by atoms with Gasteiger partial charge in [0.15, 0.2) is 11.4 Å². The van der Waals surface area contributed by atoms with E-state index in [0.717, 1.165) is 72.4 Å². The number of anilines is 1. The van der Waals surface area contributed by atoms with E-state index in [0.29, 0.717) is 30.1 Å². The van der Waals surface area contributed by atoms with Crippen molar-refractivity contribution in [3.05, 3.63) is 59.3 Å². The molecule has 44 heavy (non-hydrogen) atoms. The highest BCUT2D eigenvalue weighted by atomic mass is 16.6. The molecule has 3 heterocycles. The van der Waals surface area contributed by atoms with Gasteiger partial charge in [0.05, 0.1) is 23.0 Å². The first-order chi connectivity index (χ1) is 21.1. The fraction of sp³-hybridized carbons (Fsp3) is 0.485. The molecule has 0 radical (unpaired) electrons. The van der Waals surface area contributed by atoms with Crippen LogP contribution in [0.15, 0.2) is 52.9 Å². The van der Waals surface area contributed by atoms with Gasteiger partial charge in [-0.3, -0.25) is 0 Å². The average molecular weight is 605 g/mol. The summed E-state index contributed by atoms with van der Waals surface area (Å²) in [5.74, 6) is 1.96. The third-order valence-electron chi connectivity index (χ3n) is 7.77. The van der Waals surface area contributed by atoms with Crippen molar-refractivity contribution in [2.75, 3.05) is 38.4 Å². The van der Waals surface area contributed by atoms with Crippen LogP contribution in [0, 0.1) is 4.91 Å². The topological polar surface area (TPSA) is 121 Å². The first-order valence-corrected chi connectivity index (χ1v) is 15.3. The number of hydrogen-bond acceptors (Lipinski definition) is 9. The summed E-state index contributed by atoms with van der Waals surface area (Å²) < 4.78 is 18.3. The second-order valence-electron chi connectivity index (χ2n) is 12.3. The molecule has 0 saturated carbocycles. The molecule has 2 aromatic heterocycles. The number of aryl methyl sites for hydroxylation is 1. The summed E-state index contributed by atoms with van der Waals surface area (Å²) >= 11 is 0. The number of carbonyl (C=O) groups is 1. The highest BCUT2D eigenvalue weighted by Gasteiger charge is 2.31. The molecule has 5 rings (SSSR count). The number of rotatable bonds is 12. The monoisotopic (exact) mass is 604 g/mol. The van der Waals surface area contributed by atoms with Crippen LogP contribution in [0.4, 0.5) is 16.3 Å². The summed E-state index contributed by atoms with van der Waals surface area (Å²) in [4.78, 5) is 37.9. The minimum Gasteiger partial charge on any atom is -0.450 e. The van der Waals surface area contributed by atoms with Gasteiger partial charge in [0.2, 0.25) is 0 Å². The molecule has 1 fully saturated rings. The van der Waals surface area contributed by atoms with Crippen molar-refractivity contribution in [1.82, 2.24) is 14.9 Å². The Bertz CT molecular complexity index is 1600. The van der Waals surface area contributed by atoms with Gasteiger partial charge in [-0.1, -0.05) is 18.6 Å². The number of nitrogens with zero attached hydrogens (tertiary/aromatic N) is 5. The molecular formula is C33H42N5O6+. The van der Waals surface area contributed by atoms with Gasteiger partial charge >= 0.3 is 6.09 Å². The van der Waals surface area contributed by atoms with Crippen LogP contribution in [0.5, 0.6) is 5.75 Å². The summed E-state index contributed by atoms with van der Waals surface area (Å²) in [5, 5.41) is 9.93. The summed E-state index contributed by atoms with van der Waals surface area (Å²) in [6.07, 6.45) is 4.92. The Morgan fingerprint density at radius 1 is 1.11 bits per heavy atom. The van der Waals surface area contributed by atoms with Crippen molar-refractivity contribution in [3.63, 3.8) is 0 Å². The van der Waals surface area contributed by atoms with E-state index in [1.54, 1.807) is 7.05 Å². The van der Waals surface area contributed by atoms with Gasteiger partial charge in [0, 0.05) is 49.0 Å². The second-order valence-corrected chi connectivity index (χ2v) is 12.3. The quantitative estimate of drug-likeness (QED) is 0.112. The zero-order chi connectivity index (χ0) is 31.3. The number of hydrogen-bond donors (Lipinski definition) is 1. The summed E-state index contributed by atoms with van der Waals surface area (Å²) in [6.45, 7) is 7.66. The molecule has 0 bridgehead atoms. The molecule has 1 saturated heterocycles. The number of furan rings is 1. The molecule has 0 aliphatic carbocycles. The average Bonchev–Trinajstić information content (AvgIpc) is 3.64. The van der Waals surface area contributed by atoms with Crippen LogP contribution < -0.4 is 9.64 Å². The van der Waals surface area contributed by atoms with Crippen molar-refractivity contribution in [1.29, 1.82) is 0 Å². The lowest BCUT2D eigenvalue weighted by molar-refractivity contribution is -0.505. The standard InChI is InChI=1S/C33H42N5O6/c1-33(2,3)42-21-24-11-10-20-37(24)31-30-29(26-12-7-8-13-27(26)44-30)34-28(35-31)14-6-5-9-19-36(4)32(40)43-25-17-15-23(16-18-25)38(41)22-39/h7-8,12-13,15-18,24,39H,5-6,9-11,14,19-22H2,1-4H3/q+1/t24-/m0/s1. The lowest BCUT2D eigenvalue weighted by Gasteiger charge is -2.29. The van der Waals surface area contributed by atoms with E-state index in [9.17, 15) is 9.70 Å². The van der Waals surface area contributed by atoms with Crippen molar-refractivity contribution in [2.24, 2.45) is 0 Å². The Balaban J connectivity index is 1.20. The minimum atomic E-state index is -0.643. The van der Waals surface area contributed by atoms with Gasteiger partial charge in [-0.05, 0) is 70.7 Å². The number of ether oxygens (including phenoxy) is 2. The first-order valence-electron chi connectivity index (χ1n) is 15.3. The number of amides is 1. The van der Waals surface area contributed by atoms with Crippen LogP contribution in [0.2, 0.25) is 0 Å². The summed E-state index contributed by atoms with van der Waals surface area (Å²) in [6, 6.07) is 14.2. The number of benzene rings is 2. The molecular weight excluding hydrogens is 562 g/mol. The molecule has 1 aliphatic heterocycles. The maximum absolute atomic E-state index is 12.5. The van der Waals surface area contributed by atoms with Gasteiger partial charge in [0.25, 0.3) is 12.4 Å². The summed E-state index contributed by atoms with van der Waals surface area (Å²) in [5.41, 5.74) is 2.45. The number of para-hydroxylation sites is 1. The van der Waals surface area contributed by atoms with E-state index in [1.165, 1.54) is 29.2 Å². The maximum Gasteiger partial charge on any atom is 0.414 e. The van der Waals surface area contributed by atoms with E-state index >= 15 is 0 Å². The Morgan fingerprint density at radius 3 is 2.64 bits per heavy atom. The van der Waals surface area contributed by atoms with Crippen LogP contribution in [-0.2, 0) is 11.2 Å². The number of aromatic nitrogens is 2. The van der Waals surface area contributed by atoms with E-state index in [-0.39, 0.29) is 17.3 Å². The first kappa shape index (κ1) is 31.3. The van der Waals surface area contributed by atoms with Crippen LogP contribution in [0.25, 0.3) is 22.1 Å². The predicted octanol–water partition coefficient (Wildman–Crippen LogP) is 6.36. The van der Waals surface area contributed by atoms with Crippen molar-refractivity contribution in [2.45, 2.75) is 70.9 Å². The fourth-order valence-electron chi connectivity index (χ4n) is 5.40. The number of aliphatic hydroxyl groups excluding tert-OH is 1. The van der Waals surface area contributed by atoms with Crippen molar-refractivity contribution in [3.8, 4) is 5.75 Å². The van der Waals surface area contributed by atoms with Crippen LogP contribution in [0.1, 0.15) is 58.7 Å². The summed E-state index contributed by atoms with van der Waals surface area (Å²) in [7, 11) is 1.70. The van der Waals surface area contributed by atoms with Crippen molar-refractivity contribution >= 4 is 39.7 Å². The Labute approximate surface area is 257 Å². The molecule has 1 N–H and O–H groups in total. The second kappa shape index (κ2) is 13.7. The van der Waals surface area contributed by atoms with Crippen LogP contribution in [-0.4, -0.2) is 75.9 Å². The number of nitroso groups, excluding NO2 is 1. The van der Waals surface area contributed by atoms with Gasteiger partial charge in [-0.2, -0.15) is 0 Å². The van der Waals surface area contributed by atoms with Gasteiger partial charge in [-0.15, -0.1) is 0 Å². The zero-order valence-electron chi connectivity index (χ0n) is 26.0. The smallest absolute Gasteiger partial charge is 0.414 e. The third-order valence-corrected chi connectivity index (χ3v) is 7.77. The molecule has 0 spiro atoms. The van der Waals surface area contributed by atoms with Crippen molar-refractivity contribution < 1.29 is 28.6 Å². The molecule has 1 aliphatic rings. The normalized spacial score (nSPS) is 15.3. The third kappa shape index (κ3) is 7.51. The SMILES string of the molecule is CN(CCCCCc1nc(N2CCC[C@H]2COC(C)(C)C)c2oc3ccccc3c2n1)C(=O)Oc1ccc([N+](=O)CO)cc1. The fourth-order valence-corrected chi connectivity index (χ4v) is 5.40. The number of carbonyl (C=O) groups excluding carboxylic acids is 1. The van der Waals surface area contributed by atoms with E-state index < -0.39 is 12.8 Å². The lowest BCUT2D eigenvalue weighted by Crippen LogP contribution is -2.36. The Hall–Kier alpha value is -4.09. The van der Waals surface area contributed by atoms with Gasteiger partial charge < -0.3 is 28.8 Å². The molecule has 0 unspecified atom stereocenters.